The number of benzene rings is 2. The minimum absolute atomic E-state index is 0.0105. The minimum Gasteiger partial charge on any atom is -0.383 e. The Labute approximate surface area is 158 Å². The Morgan fingerprint density at radius 1 is 1.04 bits per heavy atom. The molecule has 0 spiro atoms. The predicted molar refractivity (Wildman–Crippen MR) is 99.5 cm³/mol. The maximum Gasteiger partial charge on any atom is 0.249 e. The average molecular weight is 401 g/mol. The van der Waals surface area contributed by atoms with Crippen LogP contribution in [0.1, 0.15) is 0 Å². The molecule has 0 unspecified atom stereocenters. The first kappa shape index (κ1) is 18.0. The number of anilines is 1. The number of fused-ring (bicyclic) bond motifs is 1. The van der Waals surface area contributed by atoms with Crippen molar-refractivity contribution < 1.29 is 17.2 Å². The topological polar surface area (TPSA) is 104 Å². The van der Waals surface area contributed by atoms with Gasteiger partial charge in [0.2, 0.25) is 15.0 Å². The van der Waals surface area contributed by atoms with Crippen molar-refractivity contribution >= 4 is 26.7 Å². The van der Waals surface area contributed by atoms with Gasteiger partial charge in [-0.15, -0.1) is 5.10 Å². The van der Waals surface area contributed by atoms with Gasteiger partial charge in [0.15, 0.2) is 5.65 Å². The molecule has 2 aromatic carbocycles. The average Bonchev–Trinajstić information content (AvgIpc) is 2.98. The first-order valence-electron chi connectivity index (χ1n) is 8.03. The number of nitrogens with two attached hydrogens (primary N) is 1. The predicted octanol–water partition coefficient (Wildman–Crippen LogP) is 2.75. The van der Waals surface area contributed by atoms with Crippen LogP contribution in [0.2, 0.25) is 0 Å². The van der Waals surface area contributed by atoms with Crippen molar-refractivity contribution in [3.05, 3.63) is 60.2 Å². The number of rotatable bonds is 3. The molecule has 0 aliphatic heterocycles. The Hall–Kier alpha value is -3.40. The van der Waals surface area contributed by atoms with E-state index >= 15 is 0 Å². The molecule has 2 N–H and O–H groups in total. The van der Waals surface area contributed by atoms with Gasteiger partial charge in [-0.1, -0.05) is 18.2 Å². The van der Waals surface area contributed by atoms with E-state index in [0.29, 0.717) is 5.69 Å². The van der Waals surface area contributed by atoms with Crippen LogP contribution in [0.5, 0.6) is 0 Å². The number of halogens is 2. The van der Waals surface area contributed by atoms with E-state index in [1.807, 2.05) is 0 Å². The van der Waals surface area contributed by atoms with Crippen LogP contribution in [0.3, 0.4) is 0 Å². The molecule has 10 heteroatoms. The maximum atomic E-state index is 14.4. The van der Waals surface area contributed by atoms with Crippen LogP contribution < -0.4 is 5.73 Å². The summed E-state index contributed by atoms with van der Waals surface area (Å²) < 4.78 is 53.3. The summed E-state index contributed by atoms with van der Waals surface area (Å²) in [6.45, 7) is 0. The Morgan fingerprint density at radius 2 is 1.79 bits per heavy atom. The number of nitrogen functional groups attached to an aromatic ring is 1. The molecule has 0 bridgehead atoms. The third-order valence-corrected chi connectivity index (χ3v) is 4.91. The zero-order valence-electron chi connectivity index (χ0n) is 14.5. The van der Waals surface area contributed by atoms with Crippen molar-refractivity contribution in [3.8, 4) is 16.9 Å². The quantitative estimate of drug-likeness (QED) is 0.530. The monoisotopic (exact) mass is 401 g/mol. The van der Waals surface area contributed by atoms with E-state index in [0.717, 1.165) is 6.26 Å². The zero-order chi connectivity index (χ0) is 20.1. The molecular formula is C18H13F2N5O2S. The summed E-state index contributed by atoms with van der Waals surface area (Å²) >= 11 is 0. The van der Waals surface area contributed by atoms with Crippen molar-refractivity contribution in [1.82, 2.24) is 19.7 Å². The van der Waals surface area contributed by atoms with E-state index in [4.69, 9.17) is 5.73 Å². The van der Waals surface area contributed by atoms with Crippen LogP contribution in [0.15, 0.2) is 53.7 Å². The van der Waals surface area contributed by atoms with Crippen LogP contribution in [0.25, 0.3) is 28.0 Å². The van der Waals surface area contributed by atoms with Gasteiger partial charge in [-0.3, -0.25) is 0 Å². The van der Waals surface area contributed by atoms with Crippen molar-refractivity contribution in [3.63, 3.8) is 0 Å². The highest BCUT2D eigenvalue weighted by atomic mass is 32.2. The molecule has 0 saturated carbocycles. The molecule has 0 aliphatic rings. The van der Waals surface area contributed by atoms with Crippen molar-refractivity contribution in [1.29, 1.82) is 0 Å². The lowest BCUT2D eigenvalue weighted by Gasteiger charge is -2.07. The fraction of sp³-hybridized carbons (Fsp3) is 0.0556. The lowest BCUT2D eigenvalue weighted by molar-refractivity contribution is 0.593. The van der Waals surface area contributed by atoms with Crippen LogP contribution in [-0.2, 0) is 9.84 Å². The molecule has 2 heterocycles. The van der Waals surface area contributed by atoms with Gasteiger partial charge < -0.3 is 5.73 Å². The van der Waals surface area contributed by atoms with Gasteiger partial charge >= 0.3 is 0 Å². The first-order valence-corrected chi connectivity index (χ1v) is 9.92. The molecule has 0 radical (unpaired) electrons. The Morgan fingerprint density at radius 3 is 2.46 bits per heavy atom. The SMILES string of the molecule is CS(=O)(=O)c1nc(-c2ccccc2F)c2c(N)n(-c3cccc(F)c3)nc2n1. The third-order valence-electron chi connectivity index (χ3n) is 4.06. The number of sulfone groups is 1. The molecule has 0 atom stereocenters. The molecule has 4 rings (SSSR count). The Bertz CT molecular complexity index is 1340. The van der Waals surface area contributed by atoms with E-state index in [1.54, 1.807) is 12.1 Å². The number of hydrogen-bond donors (Lipinski definition) is 1. The fourth-order valence-electron chi connectivity index (χ4n) is 2.81. The van der Waals surface area contributed by atoms with Gasteiger partial charge in [0.1, 0.15) is 17.5 Å². The van der Waals surface area contributed by atoms with E-state index in [9.17, 15) is 17.2 Å². The molecule has 2 aromatic heterocycles. The molecule has 0 saturated heterocycles. The molecule has 4 aromatic rings. The summed E-state index contributed by atoms with van der Waals surface area (Å²) in [5.74, 6) is -1.09. The van der Waals surface area contributed by atoms with Gasteiger partial charge in [0.25, 0.3) is 0 Å². The largest absolute Gasteiger partial charge is 0.383 e. The van der Waals surface area contributed by atoms with E-state index in [2.05, 4.69) is 15.1 Å². The molecule has 142 valence electrons. The van der Waals surface area contributed by atoms with Crippen LogP contribution in [-0.4, -0.2) is 34.4 Å². The highest BCUT2D eigenvalue weighted by Crippen LogP contribution is 2.33. The number of nitrogens with zero attached hydrogens (tertiary/aromatic N) is 4. The third kappa shape index (κ3) is 2.97. The van der Waals surface area contributed by atoms with Gasteiger partial charge in [-0.05, 0) is 30.3 Å². The number of hydrogen-bond acceptors (Lipinski definition) is 6. The zero-order valence-corrected chi connectivity index (χ0v) is 15.3. The van der Waals surface area contributed by atoms with E-state index in [-0.39, 0.29) is 28.1 Å². The highest BCUT2D eigenvalue weighted by molar-refractivity contribution is 7.90. The number of aromatic nitrogens is 4. The lowest BCUT2D eigenvalue weighted by atomic mass is 10.1. The molecular weight excluding hydrogens is 388 g/mol. The molecule has 7 nitrogen and oxygen atoms in total. The lowest BCUT2D eigenvalue weighted by Crippen LogP contribution is -2.06. The highest BCUT2D eigenvalue weighted by Gasteiger charge is 2.23. The van der Waals surface area contributed by atoms with E-state index in [1.165, 1.54) is 41.1 Å². The van der Waals surface area contributed by atoms with Crippen molar-refractivity contribution in [2.24, 2.45) is 0 Å². The van der Waals surface area contributed by atoms with Crippen LogP contribution in [0, 0.1) is 11.6 Å². The second kappa shape index (κ2) is 6.34. The molecule has 0 aliphatic carbocycles. The Balaban J connectivity index is 2.11. The summed E-state index contributed by atoms with van der Waals surface area (Å²) in [7, 11) is -3.81. The standard InChI is InChI=1S/C18H13F2N5O2S/c1-28(26,27)18-22-15(12-7-2-3-8-13(12)20)14-16(21)25(24-17(14)23-18)11-6-4-5-10(19)9-11/h2-9H,21H2,1H3. The summed E-state index contributed by atoms with van der Waals surface area (Å²) in [6.07, 6.45) is 0.937. The summed E-state index contributed by atoms with van der Waals surface area (Å²) in [5.41, 5.74) is 6.49. The molecule has 0 amide bonds. The van der Waals surface area contributed by atoms with Crippen LogP contribution in [0.4, 0.5) is 14.6 Å². The minimum atomic E-state index is -3.81. The second-order valence-corrected chi connectivity index (χ2v) is 7.99. The second-order valence-electron chi connectivity index (χ2n) is 6.08. The molecule has 0 fully saturated rings. The van der Waals surface area contributed by atoms with E-state index < -0.39 is 26.6 Å². The maximum absolute atomic E-state index is 14.4. The van der Waals surface area contributed by atoms with Crippen molar-refractivity contribution in [2.75, 3.05) is 12.0 Å². The van der Waals surface area contributed by atoms with Crippen LogP contribution >= 0.6 is 0 Å². The summed E-state index contributed by atoms with van der Waals surface area (Å²) in [6, 6.07) is 11.2. The normalized spacial score (nSPS) is 11.8. The Kier molecular flexibility index (Phi) is 4.07. The van der Waals surface area contributed by atoms with Gasteiger partial charge in [-0.25, -0.2) is 26.9 Å². The molecule has 28 heavy (non-hydrogen) atoms. The fourth-order valence-corrected chi connectivity index (χ4v) is 3.32. The smallest absolute Gasteiger partial charge is 0.249 e. The first-order chi connectivity index (χ1) is 13.3. The summed E-state index contributed by atoms with van der Waals surface area (Å²) in [5, 5.41) is 3.86. The summed E-state index contributed by atoms with van der Waals surface area (Å²) in [4.78, 5) is 8.01. The van der Waals surface area contributed by atoms with Gasteiger partial charge in [0.05, 0.1) is 16.8 Å². The van der Waals surface area contributed by atoms with Crippen molar-refractivity contribution in [2.45, 2.75) is 5.16 Å². The van der Waals surface area contributed by atoms with Gasteiger partial charge in [-0.2, -0.15) is 4.98 Å². The van der Waals surface area contributed by atoms with Gasteiger partial charge in [0, 0.05) is 11.8 Å².